The van der Waals surface area contributed by atoms with Crippen LogP contribution in [0.5, 0.6) is 5.75 Å². The average molecular weight is 459 g/mol. The highest BCUT2D eigenvalue weighted by Gasteiger charge is 2.43. The molecule has 0 unspecified atom stereocenters. The third kappa shape index (κ3) is 5.41. The van der Waals surface area contributed by atoms with Gasteiger partial charge in [0.15, 0.2) is 11.6 Å². The number of fused-ring (bicyclic) bond motifs is 3. The Kier molecular flexibility index (Phi) is 7.71. The minimum Gasteiger partial charge on any atom is -0.425 e. The molecule has 0 radical (unpaired) electrons. The normalized spacial score (nSPS) is 21.2. The van der Waals surface area contributed by atoms with E-state index in [2.05, 4.69) is 6.92 Å². The van der Waals surface area contributed by atoms with E-state index in [1.807, 2.05) is 6.07 Å². The standard InChI is InChI=1S/C29H37F3O/c1-3-4-5-6-7-8-9-10-21-12-14-22(15-13-21)23-16-18-24-25-17-11-20(2)27(30)28(25)33-29(31,32)26(24)19-23/h11,16-19,21-22H,3-10,12-15H2,1-2H3. The molecular weight excluding hydrogens is 421 g/mol. The van der Waals surface area contributed by atoms with Crippen LogP contribution in [0.3, 0.4) is 0 Å². The second-order valence-electron chi connectivity index (χ2n) is 10.1. The first-order valence-electron chi connectivity index (χ1n) is 12.9. The lowest BCUT2D eigenvalue weighted by atomic mass is 9.76. The van der Waals surface area contributed by atoms with Gasteiger partial charge in [0.05, 0.1) is 5.56 Å². The Morgan fingerprint density at radius 2 is 1.55 bits per heavy atom. The van der Waals surface area contributed by atoms with Crippen molar-refractivity contribution in [1.29, 1.82) is 0 Å². The number of ether oxygens (including phenoxy) is 1. The van der Waals surface area contributed by atoms with E-state index in [1.165, 1.54) is 64.2 Å². The first-order valence-corrected chi connectivity index (χ1v) is 12.9. The summed E-state index contributed by atoms with van der Waals surface area (Å²) < 4.78 is 49.1. The number of hydrogen-bond acceptors (Lipinski definition) is 1. The van der Waals surface area contributed by atoms with Gasteiger partial charge in [-0.25, -0.2) is 4.39 Å². The van der Waals surface area contributed by atoms with E-state index in [1.54, 1.807) is 31.2 Å². The summed E-state index contributed by atoms with van der Waals surface area (Å²) in [6.45, 7) is 3.81. The highest BCUT2D eigenvalue weighted by molar-refractivity contribution is 5.77. The minimum atomic E-state index is -3.53. The molecule has 4 heteroatoms. The number of aryl methyl sites for hydroxylation is 1. The first kappa shape index (κ1) is 24.2. The third-order valence-electron chi connectivity index (χ3n) is 7.70. The molecule has 0 amide bonds. The molecule has 1 aliphatic heterocycles. The summed E-state index contributed by atoms with van der Waals surface area (Å²) in [4.78, 5) is 0. The zero-order valence-electron chi connectivity index (χ0n) is 20.1. The van der Waals surface area contributed by atoms with Crippen molar-refractivity contribution in [2.45, 2.75) is 103 Å². The molecule has 0 atom stereocenters. The van der Waals surface area contributed by atoms with Crippen molar-refractivity contribution in [3.63, 3.8) is 0 Å². The van der Waals surface area contributed by atoms with Crippen LogP contribution in [0.4, 0.5) is 13.2 Å². The van der Waals surface area contributed by atoms with Crippen LogP contribution in [0.15, 0.2) is 30.3 Å². The zero-order valence-corrected chi connectivity index (χ0v) is 20.1. The SMILES string of the molecule is CCCCCCCCCC1CCC(c2ccc3c(c2)C(F)(F)Oc2c-3ccc(C)c2F)CC1. The predicted octanol–water partition coefficient (Wildman–Crippen LogP) is 9.66. The van der Waals surface area contributed by atoms with Gasteiger partial charge in [-0.3, -0.25) is 0 Å². The van der Waals surface area contributed by atoms with Crippen LogP contribution in [0, 0.1) is 18.7 Å². The van der Waals surface area contributed by atoms with Crippen molar-refractivity contribution >= 4 is 0 Å². The van der Waals surface area contributed by atoms with Crippen molar-refractivity contribution in [3.05, 3.63) is 52.8 Å². The summed E-state index contributed by atoms with van der Waals surface area (Å²) in [7, 11) is 0. The van der Waals surface area contributed by atoms with E-state index in [4.69, 9.17) is 4.74 Å². The summed E-state index contributed by atoms with van der Waals surface area (Å²) in [5.41, 5.74) is 1.90. The van der Waals surface area contributed by atoms with Gasteiger partial charge >= 0.3 is 6.11 Å². The maximum Gasteiger partial charge on any atom is 0.427 e. The van der Waals surface area contributed by atoms with Crippen LogP contribution in [0.2, 0.25) is 0 Å². The maximum absolute atomic E-state index is 14.9. The number of benzene rings is 2. The number of alkyl halides is 2. The Morgan fingerprint density at radius 1 is 0.879 bits per heavy atom. The molecule has 2 aromatic carbocycles. The van der Waals surface area contributed by atoms with Gasteiger partial charge in [0, 0.05) is 5.56 Å². The van der Waals surface area contributed by atoms with Crippen LogP contribution in [0.25, 0.3) is 11.1 Å². The molecule has 0 saturated heterocycles. The largest absolute Gasteiger partial charge is 0.427 e. The Hall–Kier alpha value is -1.97. The van der Waals surface area contributed by atoms with Crippen molar-refractivity contribution in [3.8, 4) is 16.9 Å². The zero-order chi connectivity index (χ0) is 23.4. The average Bonchev–Trinajstić information content (AvgIpc) is 2.81. The van der Waals surface area contributed by atoms with Gasteiger partial charge in [0.1, 0.15) is 0 Å². The molecule has 1 nitrogen and oxygen atoms in total. The Labute approximate surface area is 196 Å². The molecule has 0 bridgehead atoms. The highest BCUT2D eigenvalue weighted by atomic mass is 19.3. The summed E-state index contributed by atoms with van der Waals surface area (Å²) >= 11 is 0. The fraction of sp³-hybridized carbons (Fsp3) is 0.586. The molecule has 2 aromatic rings. The van der Waals surface area contributed by atoms with E-state index < -0.39 is 11.9 Å². The molecular formula is C29H37F3O. The smallest absolute Gasteiger partial charge is 0.425 e. The fourth-order valence-corrected chi connectivity index (χ4v) is 5.62. The quantitative estimate of drug-likeness (QED) is 0.340. The summed E-state index contributed by atoms with van der Waals surface area (Å²) in [6.07, 6.45) is 11.6. The lowest BCUT2D eigenvalue weighted by Crippen LogP contribution is -2.27. The van der Waals surface area contributed by atoms with Crippen LogP contribution in [0.1, 0.15) is 107 Å². The van der Waals surface area contributed by atoms with E-state index in [0.717, 1.165) is 24.3 Å². The molecule has 180 valence electrons. The molecule has 33 heavy (non-hydrogen) atoms. The second kappa shape index (κ2) is 10.5. The second-order valence-corrected chi connectivity index (χ2v) is 10.1. The Bertz CT molecular complexity index is 944. The van der Waals surface area contributed by atoms with Gasteiger partial charge in [0.2, 0.25) is 0 Å². The van der Waals surface area contributed by atoms with Gasteiger partial charge in [-0.1, -0.05) is 82.6 Å². The third-order valence-corrected chi connectivity index (χ3v) is 7.70. The lowest BCUT2D eigenvalue weighted by Gasteiger charge is -2.32. The summed E-state index contributed by atoms with van der Waals surface area (Å²) in [6, 6.07) is 8.60. The van der Waals surface area contributed by atoms with Gasteiger partial charge in [0.25, 0.3) is 0 Å². The molecule has 1 aliphatic carbocycles. The number of rotatable bonds is 9. The van der Waals surface area contributed by atoms with Gasteiger partial charge < -0.3 is 4.74 Å². The molecule has 4 rings (SSSR count). The summed E-state index contributed by atoms with van der Waals surface area (Å²) in [5, 5.41) is 0. The number of hydrogen-bond donors (Lipinski definition) is 0. The monoisotopic (exact) mass is 458 g/mol. The first-order chi connectivity index (χ1) is 15.9. The van der Waals surface area contributed by atoms with Gasteiger partial charge in [-0.05, 0) is 67.2 Å². The minimum absolute atomic E-state index is 0.138. The molecule has 0 spiro atoms. The topological polar surface area (TPSA) is 9.23 Å². The van der Waals surface area contributed by atoms with Crippen molar-refractivity contribution in [2.24, 2.45) is 5.92 Å². The molecule has 1 saturated carbocycles. The molecule has 0 N–H and O–H groups in total. The maximum atomic E-state index is 14.9. The van der Waals surface area contributed by atoms with Crippen LogP contribution in [-0.2, 0) is 6.11 Å². The van der Waals surface area contributed by atoms with E-state index >= 15 is 0 Å². The number of halogens is 3. The fourth-order valence-electron chi connectivity index (χ4n) is 5.62. The van der Waals surface area contributed by atoms with Crippen LogP contribution in [-0.4, -0.2) is 0 Å². The van der Waals surface area contributed by atoms with E-state index in [-0.39, 0.29) is 11.3 Å². The summed E-state index contributed by atoms with van der Waals surface area (Å²) in [5.74, 6) is 0.0391. The Morgan fingerprint density at radius 3 is 2.27 bits per heavy atom. The highest BCUT2D eigenvalue weighted by Crippen LogP contribution is 2.50. The van der Waals surface area contributed by atoms with Gasteiger partial charge in [-0.2, -0.15) is 8.78 Å². The van der Waals surface area contributed by atoms with E-state index in [9.17, 15) is 13.2 Å². The van der Waals surface area contributed by atoms with Crippen LogP contribution < -0.4 is 4.74 Å². The molecule has 1 heterocycles. The molecule has 1 fully saturated rings. The Balaban J connectivity index is 1.37. The van der Waals surface area contributed by atoms with Crippen molar-refractivity contribution < 1.29 is 17.9 Å². The van der Waals surface area contributed by atoms with Crippen LogP contribution >= 0.6 is 0 Å². The van der Waals surface area contributed by atoms with E-state index in [0.29, 0.717) is 22.6 Å². The molecule has 0 aromatic heterocycles. The lowest BCUT2D eigenvalue weighted by molar-refractivity contribution is -0.188. The molecule has 2 aliphatic rings. The van der Waals surface area contributed by atoms with Crippen molar-refractivity contribution in [1.82, 2.24) is 0 Å². The van der Waals surface area contributed by atoms with Crippen molar-refractivity contribution in [2.75, 3.05) is 0 Å². The number of unbranched alkanes of at least 4 members (excludes halogenated alkanes) is 6. The van der Waals surface area contributed by atoms with Gasteiger partial charge in [-0.15, -0.1) is 0 Å². The predicted molar refractivity (Wildman–Crippen MR) is 128 cm³/mol.